The van der Waals surface area contributed by atoms with Gasteiger partial charge in [-0.05, 0) is 0 Å². The molecule has 0 bridgehead atoms. The van der Waals surface area contributed by atoms with Crippen molar-refractivity contribution in [2.24, 2.45) is 0 Å². The molecule has 0 aliphatic rings. The first-order valence-electron chi connectivity index (χ1n) is 5.67. The molecule has 0 heterocycles. The number of hydrogen-bond donors (Lipinski definition) is 0. The summed E-state index contributed by atoms with van der Waals surface area (Å²) in [6.45, 7) is 0. The Morgan fingerprint density at radius 2 is 0.633 bits per heavy atom. The second-order valence-electron chi connectivity index (χ2n) is 4.92. The molecule has 0 aromatic carbocycles. The number of halogens is 17. The summed E-state index contributed by atoms with van der Waals surface area (Å²) >= 11 is 0. The zero-order valence-electron chi connectivity index (χ0n) is 13.1. The van der Waals surface area contributed by atoms with Crippen LogP contribution < -0.4 is 58.2 Å². The van der Waals surface area contributed by atoms with Gasteiger partial charge < -0.3 is 4.55 Å². The van der Waals surface area contributed by atoms with E-state index in [0.717, 1.165) is 0 Å². The fourth-order valence-electron chi connectivity index (χ4n) is 1.31. The first-order valence-corrected chi connectivity index (χ1v) is 7.08. The Kier molecular flexibility index (Phi) is 8.81. The molecule has 30 heavy (non-hydrogen) atoms. The molecule has 0 unspecified atom stereocenters. The minimum atomic E-state index is -8.92. The molecule has 0 N–H and O–H groups in total. The monoisotopic (exact) mass is 584 g/mol. The fourth-order valence-corrected chi connectivity index (χ4v) is 1.75. The van der Waals surface area contributed by atoms with Gasteiger partial charge in [-0.2, -0.15) is 74.6 Å². The molecule has 0 rings (SSSR count). The van der Waals surface area contributed by atoms with Crippen LogP contribution in [0.1, 0.15) is 0 Å². The van der Waals surface area contributed by atoms with Crippen LogP contribution in [-0.4, -0.2) is 59.9 Å². The molecule has 0 aliphatic carbocycles. The van der Waals surface area contributed by atoms with Crippen LogP contribution in [0.4, 0.5) is 74.6 Å². The maximum atomic E-state index is 13.0. The Balaban J connectivity index is 0. The van der Waals surface area contributed by atoms with E-state index < -0.39 is 57.1 Å². The number of rotatable bonds is 7. The van der Waals surface area contributed by atoms with Gasteiger partial charge in [0, 0.05) is 0 Å². The molecule has 0 aromatic heterocycles. The Hall–Kier alpha value is 0.525. The summed E-state index contributed by atoms with van der Waals surface area (Å²) in [5.74, 6) is -52.1. The predicted molar refractivity (Wildman–Crippen MR) is 50.4 cm³/mol. The van der Waals surface area contributed by atoms with E-state index in [1.54, 1.807) is 0 Å². The van der Waals surface area contributed by atoms with Gasteiger partial charge in [0.15, 0.2) is 10.1 Å². The second kappa shape index (κ2) is 8.08. The van der Waals surface area contributed by atoms with Gasteiger partial charge in [0.05, 0.1) is 0 Å². The van der Waals surface area contributed by atoms with Gasteiger partial charge in [-0.15, -0.1) is 0 Å². The van der Waals surface area contributed by atoms with Crippen molar-refractivity contribution >= 4 is 10.1 Å². The molecule has 0 aliphatic heterocycles. The Morgan fingerprint density at radius 1 is 0.433 bits per heavy atom. The van der Waals surface area contributed by atoms with E-state index in [0.29, 0.717) is 0 Å². The summed E-state index contributed by atoms with van der Waals surface area (Å²) in [6, 6.07) is 0. The topological polar surface area (TPSA) is 57.2 Å². The maximum Gasteiger partial charge on any atom is 1.00 e. The molecule has 0 aromatic rings. The third kappa shape index (κ3) is 4.11. The van der Waals surface area contributed by atoms with E-state index in [9.17, 15) is 87.6 Å². The smallest absolute Gasteiger partial charge is 0.743 e. The molecule has 0 saturated carbocycles. The summed E-state index contributed by atoms with van der Waals surface area (Å²) in [5.41, 5.74) is 0. The molecule has 0 atom stereocenters. The molecule has 0 amide bonds. The van der Waals surface area contributed by atoms with E-state index in [4.69, 9.17) is 0 Å². The summed E-state index contributed by atoms with van der Waals surface area (Å²) in [4.78, 5) is 0. The predicted octanol–water partition coefficient (Wildman–Crippen LogP) is 1.50. The Morgan fingerprint density at radius 3 is 0.833 bits per heavy atom. The van der Waals surface area contributed by atoms with Crippen molar-refractivity contribution in [3.63, 3.8) is 0 Å². The van der Waals surface area contributed by atoms with Crippen molar-refractivity contribution in [3.8, 4) is 0 Å². The number of alkyl halides is 17. The largest absolute Gasteiger partial charge is 1.00 e. The van der Waals surface area contributed by atoms with Crippen molar-refractivity contribution in [1.82, 2.24) is 0 Å². The molecule has 3 nitrogen and oxygen atoms in total. The first kappa shape index (κ1) is 32.7. The van der Waals surface area contributed by atoms with Gasteiger partial charge in [-0.3, -0.25) is 0 Å². The SMILES string of the molecule is O=S(=O)([O-])C(F)(F)C(F)(F)C(F)(F)C(F)(F)C(F)(F)C(F)(F)C(F)(F)C(F)(F)F.[Rb+]. The molecular weight excluding hydrogens is 585 g/mol. The van der Waals surface area contributed by atoms with Crippen LogP contribution >= 0.6 is 0 Å². The normalized spacial score (nSPS) is 16.3. The molecule has 0 saturated heterocycles. The average Bonchev–Trinajstić information content (AvgIpc) is 2.43. The van der Waals surface area contributed by atoms with Crippen molar-refractivity contribution in [1.29, 1.82) is 0 Å². The minimum absolute atomic E-state index is 0. The van der Waals surface area contributed by atoms with E-state index in [2.05, 4.69) is 0 Å². The van der Waals surface area contributed by atoms with Crippen LogP contribution in [0, 0.1) is 0 Å². The number of hydrogen-bond acceptors (Lipinski definition) is 3. The molecule has 0 fully saturated rings. The second-order valence-corrected chi connectivity index (χ2v) is 6.34. The van der Waals surface area contributed by atoms with Crippen LogP contribution in [-0.2, 0) is 10.1 Å². The average molecular weight is 585 g/mol. The zero-order valence-corrected chi connectivity index (χ0v) is 18.8. The van der Waals surface area contributed by atoms with Crippen molar-refractivity contribution in [2.45, 2.75) is 47.0 Å². The molecular formula is C8F17O3RbS. The molecule has 0 radical (unpaired) electrons. The van der Waals surface area contributed by atoms with E-state index in [1.807, 2.05) is 0 Å². The summed E-state index contributed by atoms with van der Waals surface area (Å²) < 4.78 is 244. The van der Waals surface area contributed by atoms with E-state index >= 15 is 0 Å². The van der Waals surface area contributed by atoms with Gasteiger partial charge in [0.25, 0.3) is 0 Å². The standard InChI is InChI=1S/C8HF17O3S.Rb/c9-1(10,3(13,14)5(17,18)7(21,22)23)2(11,12)4(15,16)6(19,20)8(24,25)29(26,27)28;/h(H,26,27,28);/q;+1/p-1. The van der Waals surface area contributed by atoms with Gasteiger partial charge in [-0.1, -0.05) is 0 Å². The summed E-state index contributed by atoms with van der Waals surface area (Å²) in [5, 5.41) is -7.95. The van der Waals surface area contributed by atoms with E-state index in [-0.39, 0.29) is 58.2 Å². The third-order valence-electron chi connectivity index (χ3n) is 3.01. The third-order valence-corrected chi connectivity index (χ3v) is 3.89. The summed E-state index contributed by atoms with van der Waals surface area (Å²) in [6.07, 6.45) is -7.89. The minimum Gasteiger partial charge on any atom is -0.743 e. The van der Waals surface area contributed by atoms with Crippen LogP contribution in [0.25, 0.3) is 0 Å². The Labute approximate surface area is 201 Å². The van der Waals surface area contributed by atoms with Gasteiger partial charge >= 0.3 is 105 Å². The van der Waals surface area contributed by atoms with Crippen LogP contribution in [0.5, 0.6) is 0 Å². The molecule has 0 spiro atoms. The van der Waals surface area contributed by atoms with Crippen LogP contribution in [0.3, 0.4) is 0 Å². The Bertz CT molecular complexity index is 739. The molecule has 176 valence electrons. The first-order chi connectivity index (χ1) is 12.0. The zero-order chi connectivity index (χ0) is 24.5. The maximum absolute atomic E-state index is 13.0. The van der Waals surface area contributed by atoms with Gasteiger partial charge in [0.2, 0.25) is 0 Å². The van der Waals surface area contributed by atoms with Crippen molar-refractivity contribution in [2.75, 3.05) is 0 Å². The van der Waals surface area contributed by atoms with E-state index in [1.165, 1.54) is 0 Å². The summed E-state index contributed by atoms with van der Waals surface area (Å²) in [7, 11) is -8.14. The van der Waals surface area contributed by atoms with Crippen molar-refractivity contribution < 1.29 is 146 Å². The van der Waals surface area contributed by atoms with Gasteiger partial charge in [0.1, 0.15) is 0 Å². The van der Waals surface area contributed by atoms with Gasteiger partial charge in [-0.25, -0.2) is 8.42 Å². The van der Waals surface area contributed by atoms with Crippen LogP contribution in [0.2, 0.25) is 0 Å². The quantitative estimate of drug-likeness (QED) is 0.337. The van der Waals surface area contributed by atoms with Crippen molar-refractivity contribution in [3.05, 3.63) is 0 Å². The fraction of sp³-hybridized carbons (Fsp3) is 1.00. The molecule has 22 heteroatoms. The van der Waals surface area contributed by atoms with Crippen LogP contribution in [0.15, 0.2) is 0 Å².